The van der Waals surface area contributed by atoms with Crippen molar-refractivity contribution < 1.29 is 9.53 Å². The minimum absolute atomic E-state index is 0.0511. The molecule has 46 heavy (non-hydrogen) atoms. The van der Waals surface area contributed by atoms with Crippen molar-refractivity contribution in [1.82, 2.24) is 4.57 Å². The van der Waals surface area contributed by atoms with Crippen LogP contribution in [-0.4, -0.2) is 31.2 Å². The van der Waals surface area contributed by atoms with E-state index in [0.29, 0.717) is 24.5 Å². The summed E-state index contributed by atoms with van der Waals surface area (Å²) in [7, 11) is -2.74. The van der Waals surface area contributed by atoms with Gasteiger partial charge in [0.2, 0.25) is 0 Å². The van der Waals surface area contributed by atoms with Crippen LogP contribution in [0.2, 0.25) is 10.1 Å². The lowest BCUT2D eigenvalue weighted by Gasteiger charge is -2.43. The lowest BCUT2D eigenvalue weighted by Crippen LogP contribution is -2.66. The van der Waals surface area contributed by atoms with E-state index in [0.717, 1.165) is 16.5 Å². The van der Waals surface area contributed by atoms with Crippen LogP contribution >= 0.6 is 11.6 Å². The van der Waals surface area contributed by atoms with Crippen LogP contribution in [0.25, 0.3) is 10.9 Å². The van der Waals surface area contributed by atoms with Crippen molar-refractivity contribution in [2.75, 3.05) is 13.2 Å². The number of benzene rings is 5. The van der Waals surface area contributed by atoms with Gasteiger partial charge in [0.1, 0.15) is 0 Å². The molecular formula is C41H42ClNO2Si. The molecule has 0 unspecified atom stereocenters. The average molecular weight is 644 g/mol. The quantitative estimate of drug-likeness (QED) is 0.144. The van der Waals surface area contributed by atoms with Gasteiger partial charge in [0.25, 0.3) is 8.32 Å². The summed E-state index contributed by atoms with van der Waals surface area (Å²) in [5, 5.41) is 14.5. The van der Waals surface area contributed by atoms with E-state index in [1.807, 2.05) is 6.07 Å². The summed E-state index contributed by atoms with van der Waals surface area (Å²) in [5.74, 6) is 0. The molecule has 0 bridgehead atoms. The first-order valence-electron chi connectivity index (χ1n) is 16.1. The fourth-order valence-electron chi connectivity index (χ4n) is 7.19. The summed E-state index contributed by atoms with van der Waals surface area (Å²) >= 11 is 6.63. The smallest absolute Gasteiger partial charge is 0.261 e. The summed E-state index contributed by atoms with van der Waals surface area (Å²) in [6.45, 7) is 7.53. The molecule has 1 heterocycles. The van der Waals surface area contributed by atoms with Gasteiger partial charge in [-0.05, 0) is 56.7 Å². The lowest BCUT2D eigenvalue weighted by molar-refractivity contribution is 0.292. The zero-order valence-electron chi connectivity index (χ0n) is 26.9. The second-order valence-electron chi connectivity index (χ2n) is 12.9. The second kappa shape index (κ2) is 13.8. The Labute approximate surface area is 279 Å². The Hall–Kier alpha value is -3.93. The van der Waals surface area contributed by atoms with Gasteiger partial charge in [0, 0.05) is 41.3 Å². The van der Waals surface area contributed by atoms with E-state index < -0.39 is 8.32 Å². The Morgan fingerprint density at radius 2 is 1.20 bits per heavy atom. The minimum atomic E-state index is -2.74. The molecule has 0 radical (unpaired) electrons. The largest absolute Gasteiger partial charge is 0.407 e. The summed E-state index contributed by atoms with van der Waals surface area (Å²) in [6.07, 6.45) is 1.22. The van der Waals surface area contributed by atoms with E-state index in [4.69, 9.17) is 16.0 Å². The van der Waals surface area contributed by atoms with Crippen LogP contribution in [-0.2, 0) is 17.3 Å². The Kier molecular flexibility index (Phi) is 9.62. The van der Waals surface area contributed by atoms with E-state index in [2.05, 4.69) is 159 Å². The van der Waals surface area contributed by atoms with Gasteiger partial charge in [-0.2, -0.15) is 0 Å². The topological polar surface area (TPSA) is 34.4 Å². The molecule has 234 valence electrons. The minimum Gasteiger partial charge on any atom is -0.407 e. The molecule has 0 aliphatic heterocycles. The molecule has 6 rings (SSSR count). The highest BCUT2D eigenvalue weighted by Gasteiger charge is 2.50. The highest BCUT2D eigenvalue weighted by atomic mass is 35.5. The van der Waals surface area contributed by atoms with Gasteiger partial charge in [0.05, 0.1) is 6.04 Å². The number of aromatic nitrogens is 1. The van der Waals surface area contributed by atoms with Gasteiger partial charge < -0.3 is 14.1 Å². The van der Waals surface area contributed by atoms with Crippen molar-refractivity contribution in [3.05, 3.63) is 167 Å². The predicted octanol–water partition coefficient (Wildman–Crippen LogP) is 8.59. The van der Waals surface area contributed by atoms with Crippen molar-refractivity contribution >= 4 is 41.2 Å². The summed E-state index contributed by atoms with van der Waals surface area (Å²) < 4.78 is 9.87. The van der Waals surface area contributed by atoms with Crippen molar-refractivity contribution in [2.24, 2.45) is 0 Å². The SMILES string of the molecule is CC(C)(C)[Si](OCCc1c(CCO)c2cc(Cl)ccc2n1C(c1ccccc1)c1ccccc1)(c1ccccc1)c1ccccc1. The number of nitrogens with zero attached hydrogens (tertiary/aromatic N) is 1. The van der Waals surface area contributed by atoms with E-state index >= 15 is 0 Å². The van der Waals surface area contributed by atoms with Crippen LogP contribution in [0, 0.1) is 0 Å². The molecule has 0 aliphatic carbocycles. The Morgan fingerprint density at radius 3 is 1.67 bits per heavy atom. The molecule has 0 aliphatic rings. The number of aliphatic hydroxyl groups excluding tert-OH is 1. The summed E-state index contributed by atoms with van der Waals surface area (Å²) in [5.41, 5.74) is 5.80. The van der Waals surface area contributed by atoms with E-state index in [1.54, 1.807) is 0 Å². The van der Waals surface area contributed by atoms with Crippen LogP contribution in [0.3, 0.4) is 0 Å². The molecule has 5 aromatic carbocycles. The van der Waals surface area contributed by atoms with Crippen molar-refractivity contribution in [3.8, 4) is 0 Å². The van der Waals surface area contributed by atoms with Gasteiger partial charge in [-0.1, -0.05) is 154 Å². The van der Waals surface area contributed by atoms with E-state index in [1.165, 1.54) is 27.2 Å². The van der Waals surface area contributed by atoms with Crippen molar-refractivity contribution in [2.45, 2.75) is 44.7 Å². The predicted molar refractivity (Wildman–Crippen MR) is 195 cm³/mol. The maximum Gasteiger partial charge on any atom is 0.261 e. The van der Waals surface area contributed by atoms with Gasteiger partial charge >= 0.3 is 0 Å². The molecule has 6 aromatic rings. The normalized spacial score (nSPS) is 12.2. The van der Waals surface area contributed by atoms with E-state index in [9.17, 15) is 5.11 Å². The van der Waals surface area contributed by atoms with Crippen LogP contribution < -0.4 is 10.4 Å². The maximum atomic E-state index is 10.3. The zero-order chi connectivity index (χ0) is 32.1. The number of hydrogen-bond acceptors (Lipinski definition) is 2. The first kappa shape index (κ1) is 32.0. The number of halogens is 1. The van der Waals surface area contributed by atoms with Crippen molar-refractivity contribution in [3.63, 3.8) is 0 Å². The van der Waals surface area contributed by atoms with Crippen molar-refractivity contribution in [1.29, 1.82) is 0 Å². The second-order valence-corrected chi connectivity index (χ2v) is 17.7. The molecule has 1 N–H and O–H groups in total. The number of hydrogen-bond donors (Lipinski definition) is 1. The first-order chi connectivity index (χ1) is 22.3. The van der Waals surface area contributed by atoms with Crippen LogP contribution in [0.15, 0.2) is 140 Å². The zero-order valence-corrected chi connectivity index (χ0v) is 28.6. The van der Waals surface area contributed by atoms with Gasteiger partial charge in [-0.3, -0.25) is 0 Å². The Balaban J connectivity index is 1.53. The fourth-order valence-corrected chi connectivity index (χ4v) is 11.9. The molecule has 1 aromatic heterocycles. The Morgan fingerprint density at radius 1 is 0.696 bits per heavy atom. The molecule has 0 atom stereocenters. The first-order valence-corrected chi connectivity index (χ1v) is 18.4. The molecule has 5 heteroatoms. The molecule has 0 saturated carbocycles. The monoisotopic (exact) mass is 643 g/mol. The highest BCUT2D eigenvalue weighted by Crippen LogP contribution is 2.39. The Bertz CT molecular complexity index is 1790. The molecule has 0 spiro atoms. The van der Waals surface area contributed by atoms with Crippen LogP contribution in [0.4, 0.5) is 0 Å². The standard InChI is InChI=1S/C41H42ClNO2Si/c1-41(2,3)46(34-20-12-6-13-21-34,35-22-14-7-15-23-35)45-29-27-39-36(26-28-44)37-30-33(42)24-25-38(37)43(39)40(31-16-8-4-9-17-31)32-18-10-5-11-19-32/h4-25,30,40,44H,26-29H2,1-3H3. The molecule has 3 nitrogen and oxygen atoms in total. The average Bonchev–Trinajstić information content (AvgIpc) is 3.36. The van der Waals surface area contributed by atoms with Gasteiger partial charge in [-0.15, -0.1) is 0 Å². The van der Waals surface area contributed by atoms with Crippen LogP contribution in [0.5, 0.6) is 0 Å². The lowest BCUT2D eigenvalue weighted by atomic mass is 9.97. The summed E-state index contributed by atoms with van der Waals surface area (Å²) in [4.78, 5) is 0. The van der Waals surface area contributed by atoms with Gasteiger partial charge in [0.15, 0.2) is 0 Å². The third kappa shape index (κ3) is 6.11. The summed E-state index contributed by atoms with van der Waals surface area (Å²) in [6, 6.07) is 49.1. The number of aliphatic hydroxyl groups is 1. The van der Waals surface area contributed by atoms with Gasteiger partial charge in [-0.25, -0.2) is 0 Å². The maximum absolute atomic E-state index is 10.3. The molecular weight excluding hydrogens is 602 g/mol. The number of rotatable bonds is 11. The molecule has 0 amide bonds. The van der Waals surface area contributed by atoms with E-state index in [-0.39, 0.29) is 17.7 Å². The molecule has 0 fully saturated rings. The fraction of sp³-hybridized carbons (Fsp3) is 0.220. The molecule has 0 saturated heterocycles. The third-order valence-electron chi connectivity index (χ3n) is 9.11. The third-order valence-corrected chi connectivity index (χ3v) is 14.4. The highest BCUT2D eigenvalue weighted by molar-refractivity contribution is 6.99. The number of fused-ring (bicyclic) bond motifs is 1. The van der Waals surface area contributed by atoms with Crippen LogP contribution in [0.1, 0.15) is 49.2 Å².